The number of aliphatic hydroxyl groups is 1. The first-order chi connectivity index (χ1) is 9.66. The molecule has 0 spiro atoms. The molecule has 0 aliphatic rings. The monoisotopic (exact) mass is 403 g/mol. The summed E-state index contributed by atoms with van der Waals surface area (Å²) < 4.78 is 6.61. The van der Waals surface area contributed by atoms with Crippen LogP contribution < -0.4 is 10.1 Å². The molecule has 0 heterocycles. The Hall–Kier alpha value is -0.980. The van der Waals surface area contributed by atoms with E-state index in [-0.39, 0.29) is 6.61 Å². The zero-order chi connectivity index (χ0) is 14.4. The van der Waals surface area contributed by atoms with Crippen molar-refractivity contribution < 1.29 is 9.84 Å². The van der Waals surface area contributed by atoms with Crippen molar-refractivity contribution in [2.45, 2.75) is 6.10 Å². The highest BCUT2D eigenvalue weighted by atomic mass is 127. The first kappa shape index (κ1) is 15.4. The van der Waals surface area contributed by atoms with Crippen LogP contribution in [0.2, 0.25) is 5.02 Å². The van der Waals surface area contributed by atoms with Crippen molar-refractivity contribution in [3.05, 3.63) is 57.1 Å². The Morgan fingerprint density at radius 1 is 1.15 bits per heavy atom. The molecule has 0 aliphatic carbocycles. The number of nitrogens with one attached hydrogen (secondary N) is 1. The Labute approximate surface area is 137 Å². The standard InChI is InChI=1S/C15H15ClINO2/c16-12-5-1-4-8-15(12)20-10-11(19)9-18-14-7-3-2-6-13(14)17/h1-8,11,18-19H,9-10H2. The number of ether oxygens (including phenoxy) is 1. The second-order valence-corrected chi connectivity index (χ2v) is 5.83. The molecule has 106 valence electrons. The van der Waals surface area contributed by atoms with Crippen LogP contribution in [0, 0.1) is 3.57 Å². The lowest BCUT2D eigenvalue weighted by molar-refractivity contribution is 0.117. The van der Waals surface area contributed by atoms with Gasteiger partial charge in [0.2, 0.25) is 0 Å². The number of para-hydroxylation sites is 2. The molecule has 20 heavy (non-hydrogen) atoms. The molecule has 0 aromatic heterocycles. The molecule has 0 amide bonds. The van der Waals surface area contributed by atoms with Gasteiger partial charge in [-0.25, -0.2) is 0 Å². The lowest BCUT2D eigenvalue weighted by Crippen LogP contribution is -2.26. The third-order valence-corrected chi connectivity index (χ3v) is 3.92. The molecule has 2 aromatic carbocycles. The summed E-state index contributed by atoms with van der Waals surface area (Å²) in [5.41, 5.74) is 1.00. The normalized spacial score (nSPS) is 11.9. The van der Waals surface area contributed by atoms with Gasteiger partial charge in [0, 0.05) is 15.8 Å². The Morgan fingerprint density at radius 2 is 1.85 bits per heavy atom. The summed E-state index contributed by atoms with van der Waals surface area (Å²) in [6.07, 6.45) is -0.609. The van der Waals surface area contributed by atoms with Crippen molar-refractivity contribution in [1.29, 1.82) is 0 Å². The minimum Gasteiger partial charge on any atom is -0.489 e. The number of benzene rings is 2. The summed E-state index contributed by atoms with van der Waals surface area (Å²) in [5.74, 6) is 0.586. The molecule has 2 rings (SSSR count). The highest BCUT2D eigenvalue weighted by Gasteiger charge is 2.07. The number of rotatable bonds is 6. The van der Waals surface area contributed by atoms with Gasteiger partial charge >= 0.3 is 0 Å². The van der Waals surface area contributed by atoms with Crippen LogP contribution in [0.3, 0.4) is 0 Å². The molecule has 1 atom stereocenters. The Kier molecular flexibility index (Phi) is 5.94. The van der Waals surface area contributed by atoms with Crippen LogP contribution in [-0.2, 0) is 0 Å². The third kappa shape index (κ3) is 4.54. The maximum Gasteiger partial charge on any atom is 0.138 e. The van der Waals surface area contributed by atoms with E-state index in [0.717, 1.165) is 9.26 Å². The Bertz CT molecular complexity index is 516. The number of hydrogen-bond acceptors (Lipinski definition) is 3. The van der Waals surface area contributed by atoms with Crippen LogP contribution in [0.25, 0.3) is 0 Å². The summed E-state index contributed by atoms with van der Waals surface area (Å²) in [7, 11) is 0. The number of anilines is 1. The largest absolute Gasteiger partial charge is 0.489 e. The van der Waals surface area contributed by atoms with Crippen molar-refractivity contribution in [2.24, 2.45) is 0 Å². The van der Waals surface area contributed by atoms with E-state index in [9.17, 15) is 5.11 Å². The van der Waals surface area contributed by atoms with Crippen LogP contribution in [0.1, 0.15) is 0 Å². The summed E-state index contributed by atoms with van der Waals surface area (Å²) in [6, 6.07) is 15.1. The molecular weight excluding hydrogens is 389 g/mol. The zero-order valence-electron chi connectivity index (χ0n) is 10.7. The van der Waals surface area contributed by atoms with E-state index in [0.29, 0.717) is 17.3 Å². The van der Waals surface area contributed by atoms with Gasteiger partial charge in [0.25, 0.3) is 0 Å². The fraction of sp³-hybridized carbons (Fsp3) is 0.200. The van der Waals surface area contributed by atoms with E-state index in [1.54, 1.807) is 12.1 Å². The molecule has 0 saturated heterocycles. The fourth-order valence-electron chi connectivity index (χ4n) is 1.64. The van der Waals surface area contributed by atoms with Crippen LogP contribution in [0.5, 0.6) is 5.75 Å². The highest BCUT2D eigenvalue weighted by molar-refractivity contribution is 14.1. The smallest absolute Gasteiger partial charge is 0.138 e. The van der Waals surface area contributed by atoms with Gasteiger partial charge in [-0.05, 0) is 46.9 Å². The molecule has 0 radical (unpaired) electrons. The molecule has 0 saturated carbocycles. The van der Waals surface area contributed by atoms with E-state index >= 15 is 0 Å². The highest BCUT2D eigenvalue weighted by Crippen LogP contribution is 2.23. The van der Waals surface area contributed by atoms with E-state index in [1.807, 2.05) is 36.4 Å². The molecule has 0 aliphatic heterocycles. The number of hydrogen-bond donors (Lipinski definition) is 2. The predicted molar refractivity (Wildman–Crippen MR) is 90.6 cm³/mol. The van der Waals surface area contributed by atoms with Gasteiger partial charge in [0.15, 0.2) is 0 Å². The summed E-state index contributed by atoms with van der Waals surface area (Å²) in [6.45, 7) is 0.616. The minimum atomic E-state index is -0.609. The SMILES string of the molecule is OC(CNc1ccccc1I)COc1ccccc1Cl. The van der Waals surface area contributed by atoms with Crippen molar-refractivity contribution >= 4 is 39.9 Å². The van der Waals surface area contributed by atoms with E-state index in [2.05, 4.69) is 27.9 Å². The quantitative estimate of drug-likeness (QED) is 0.721. The lowest BCUT2D eigenvalue weighted by atomic mass is 10.3. The van der Waals surface area contributed by atoms with Gasteiger partial charge in [-0.3, -0.25) is 0 Å². The van der Waals surface area contributed by atoms with Gasteiger partial charge < -0.3 is 15.2 Å². The summed E-state index contributed by atoms with van der Waals surface area (Å²) in [4.78, 5) is 0. The second-order valence-electron chi connectivity index (χ2n) is 4.26. The van der Waals surface area contributed by atoms with Gasteiger partial charge in [0.1, 0.15) is 18.5 Å². The maximum absolute atomic E-state index is 9.92. The van der Waals surface area contributed by atoms with Gasteiger partial charge in [-0.2, -0.15) is 0 Å². The molecular formula is C15H15ClINO2. The lowest BCUT2D eigenvalue weighted by Gasteiger charge is -2.15. The predicted octanol–water partition coefficient (Wildman–Crippen LogP) is 3.80. The molecule has 3 nitrogen and oxygen atoms in total. The van der Waals surface area contributed by atoms with Gasteiger partial charge in [-0.1, -0.05) is 35.9 Å². The summed E-state index contributed by atoms with van der Waals surface area (Å²) in [5, 5.41) is 13.7. The molecule has 0 fully saturated rings. The van der Waals surface area contributed by atoms with E-state index in [1.165, 1.54) is 0 Å². The van der Waals surface area contributed by atoms with Crippen molar-refractivity contribution in [1.82, 2.24) is 0 Å². The van der Waals surface area contributed by atoms with Crippen LogP contribution >= 0.6 is 34.2 Å². The molecule has 2 aromatic rings. The van der Waals surface area contributed by atoms with Gasteiger partial charge in [0.05, 0.1) is 5.02 Å². The first-order valence-electron chi connectivity index (χ1n) is 6.20. The summed E-state index contributed by atoms with van der Waals surface area (Å²) >= 11 is 8.23. The maximum atomic E-state index is 9.92. The fourth-order valence-corrected chi connectivity index (χ4v) is 2.41. The molecule has 2 N–H and O–H groups in total. The Balaban J connectivity index is 1.80. The molecule has 5 heteroatoms. The van der Waals surface area contributed by atoms with Gasteiger partial charge in [-0.15, -0.1) is 0 Å². The number of aliphatic hydroxyl groups excluding tert-OH is 1. The third-order valence-electron chi connectivity index (χ3n) is 2.67. The number of halogens is 2. The second kappa shape index (κ2) is 7.71. The van der Waals surface area contributed by atoms with Crippen molar-refractivity contribution in [3.63, 3.8) is 0 Å². The first-order valence-corrected chi connectivity index (χ1v) is 7.66. The zero-order valence-corrected chi connectivity index (χ0v) is 13.6. The molecule has 1 unspecified atom stereocenters. The topological polar surface area (TPSA) is 41.5 Å². The van der Waals surface area contributed by atoms with Crippen molar-refractivity contribution in [3.8, 4) is 5.75 Å². The van der Waals surface area contributed by atoms with E-state index in [4.69, 9.17) is 16.3 Å². The minimum absolute atomic E-state index is 0.195. The average molecular weight is 404 g/mol. The van der Waals surface area contributed by atoms with Crippen molar-refractivity contribution in [2.75, 3.05) is 18.5 Å². The van der Waals surface area contributed by atoms with Crippen LogP contribution in [0.15, 0.2) is 48.5 Å². The Morgan fingerprint density at radius 3 is 2.60 bits per heavy atom. The molecule has 0 bridgehead atoms. The van der Waals surface area contributed by atoms with Crippen LogP contribution in [-0.4, -0.2) is 24.4 Å². The average Bonchev–Trinajstić information content (AvgIpc) is 2.45. The van der Waals surface area contributed by atoms with E-state index < -0.39 is 6.10 Å². The van der Waals surface area contributed by atoms with Crippen LogP contribution in [0.4, 0.5) is 5.69 Å².